The second-order valence-corrected chi connectivity index (χ2v) is 6.06. The Bertz CT molecular complexity index is 542. The first kappa shape index (κ1) is 14.4. The monoisotopic (exact) mass is 295 g/mol. The number of halogens is 2. The maximum absolute atomic E-state index is 12.9. The Morgan fingerprint density at radius 2 is 1.84 bits per heavy atom. The molecule has 0 amide bonds. The molecule has 19 heavy (non-hydrogen) atoms. The molecule has 2 aromatic carbocycles. The summed E-state index contributed by atoms with van der Waals surface area (Å²) in [5.74, 6) is -0.232. The van der Waals surface area contributed by atoms with Crippen molar-refractivity contribution in [1.29, 1.82) is 0 Å². The van der Waals surface area contributed by atoms with Crippen LogP contribution in [0.1, 0.15) is 17.7 Å². The van der Waals surface area contributed by atoms with Gasteiger partial charge in [0.05, 0.1) is 0 Å². The normalized spacial score (nSPS) is 14.1. The summed E-state index contributed by atoms with van der Waals surface area (Å²) in [5, 5.41) is 0.784. The van der Waals surface area contributed by atoms with Crippen LogP contribution in [0.2, 0.25) is 5.02 Å². The lowest BCUT2D eigenvalue weighted by atomic mass is 10.1. The Morgan fingerprint density at radius 3 is 2.42 bits per heavy atom. The number of hydrogen-bond donors (Lipinski definition) is 1. The average molecular weight is 296 g/mol. The number of hydrogen-bond acceptors (Lipinski definition) is 2. The zero-order valence-electron chi connectivity index (χ0n) is 10.5. The van der Waals surface area contributed by atoms with Gasteiger partial charge in [-0.1, -0.05) is 23.7 Å². The summed E-state index contributed by atoms with van der Waals surface area (Å²) in [6.07, 6.45) is 0. The van der Waals surface area contributed by atoms with E-state index in [4.69, 9.17) is 17.3 Å². The fourth-order valence-electron chi connectivity index (χ4n) is 1.82. The molecule has 4 heteroatoms. The van der Waals surface area contributed by atoms with E-state index in [1.807, 2.05) is 31.2 Å². The first-order chi connectivity index (χ1) is 9.06. The van der Waals surface area contributed by atoms with Crippen LogP contribution in [0.15, 0.2) is 53.4 Å². The molecule has 2 unspecified atom stereocenters. The minimum absolute atomic E-state index is 0.0338. The Morgan fingerprint density at radius 1 is 1.16 bits per heavy atom. The van der Waals surface area contributed by atoms with Gasteiger partial charge in [0.15, 0.2) is 0 Å². The van der Waals surface area contributed by atoms with E-state index >= 15 is 0 Å². The van der Waals surface area contributed by atoms with Gasteiger partial charge >= 0.3 is 0 Å². The smallest absolute Gasteiger partial charge is 0.123 e. The molecule has 0 aliphatic carbocycles. The van der Waals surface area contributed by atoms with Crippen molar-refractivity contribution in [1.82, 2.24) is 0 Å². The molecule has 0 aliphatic rings. The molecular formula is C15H15ClFNS. The van der Waals surface area contributed by atoms with Crippen LogP contribution in [0.5, 0.6) is 0 Å². The highest BCUT2D eigenvalue weighted by Gasteiger charge is 2.18. The van der Waals surface area contributed by atoms with Crippen molar-refractivity contribution in [3.63, 3.8) is 0 Å². The number of rotatable bonds is 4. The quantitative estimate of drug-likeness (QED) is 0.830. The second kappa shape index (κ2) is 6.42. The lowest BCUT2D eigenvalue weighted by molar-refractivity contribution is 0.626. The molecule has 0 radical (unpaired) electrons. The van der Waals surface area contributed by atoms with Crippen molar-refractivity contribution in [2.24, 2.45) is 5.73 Å². The van der Waals surface area contributed by atoms with Crippen molar-refractivity contribution in [2.45, 2.75) is 23.1 Å². The molecule has 0 saturated heterocycles. The predicted molar refractivity (Wildman–Crippen MR) is 80.1 cm³/mol. The van der Waals surface area contributed by atoms with Crippen LogP contribution >= 0.6 is 23.4 Å². The van der Waals surface area contributed by atoms with Gasteiger partial charge in [-0.05, 0) is 48.9 Å². The standard InChI is InChI=1S/C15H15ClFNS/c1-10(18)15(11-3-2-4-12(16)9-11)19-14-7-5-13(17)6-8-14/h2-10,15H,18H2,1H3. The van der Waals surface area contributed by atoms with Crippen LogP contribution in [-0.4, -0.2) is 6.04 Å². The largest absolute Gasteiger partial charge is 0.327 e. The van der Waals surface area contributed by atoms with Crippen molar-refractivity contribution in [2.75, 3.05) is 0 Å². The van der Waals surface area contributed by atoms with Crippen molar-refractivity contribution in [3.05, 3.63) is 64.9 Å². The zero-order chi connectivity index (χ0) is 13.8. The van der Waals surface area contributed by atoms with E-state index in [0.717, 1.165) is 10.5 Å². The van der Waals surface area contributed by atoms with Gasteiger partial charge in [0.25, 0.3) is 0 Å². The molecule has 0 saturated carbocycles. The van der Waals surface area contributed by atoms with E-state index in [-0.39, 0.29) is 17.1 Å². The van der Waals surface area contributed by atoms with Gasteiger partial charge < -0.3 is 5.73 Å². The van der Waals surface area contributed by atoms with E-state index in [1.165, 1.54) is 12.1 Å². The van der Waals surface area contributed by atoms with Gasteiger partial charge in [0, 0.05) is 21.2 Å². The Balaban J connectivity index is 2.23. The number of nitrogens with two attached hydrogens (primary N) is 1. The Hall–Kier alpha value is -1.03. The average Bonchev–Trinajstić information content (AvgIpc) is 2.37. The second-order valence-electron chi connectivity index (χ2n) is 4.41. The van der Waals surface area contributed by atoms with Gasteiger partial charge in [-0.25, -0.2) is 4.39 Å². The maximum atomic E-state index is 12.9. The molecule has 0 aliphatic heterocycles. The van der Waals surface area contributed by atoms with Gasteiger partial charge in [0.2, 0.25) is 0 Å². The topological polar surface area (TPSA) is 26.0 Å². The minimum atomic E-state index is -0.232. The maximum Gasteiger partial charge on any atom is 0.123 e. The summed E-state index contributed by atoms with van der Waals surface area (Å²) in [4.78, 5) is 0.990. The predicted octanol–water partition coefficient (Wildman–Crippen LogP) is 4.66. The molecule has 2 aromatic rings. The molecule has 0 spiro atoms. The van der Waals surface area contributed by atoms with Gasteiger partial charge in [0.1, 0.15) is 5.82 Å². The Labute approximate surface area is 122 Å². The highest BCUT2D eigenvalue weighted by molar-refractivity contribution is 7.99. The van der Waals surface area contributed by atoms with E-state index < -0.39 is 0 Å². The summed E-state index contributed by atoms with van der Waals surface area (Å²) in [6, 6.07) is 14.1. The molecule has 2 N–H and O–H groups in total. The van der Waals surface area contributed by atoms with Crippen LogP contribution in [0.3, 0.4) is 0 Å². The van der Waals surface area contributed by atoms with Crippen molar-refractivity contribution in [3.8, 4) is 0 Å². The molecule has 100 valence electrons. The zero-order valence-corrected chi connectivity index (χ0v) is 12.1. The van der Waals surface area contributed by atoms with Gasteiger partial charge in [-0.15, -0.1) is 11.8 Å². The lowest BCUT2D eigenvalue weighted by Crippen LogP contribution is -2.22. The van der Waals surface area contributed by atoms with Crippen LogP contribution in [0, 0.1) is 5.82 Å². The molecule has 0 heterocycles. The molecule has 0 aromatic heterocycles. The lowest BCUT2D eigenvalue weighted by Gasteiger charge is -2.21. The molecule has 1 nitrogen and oxygen atoms in total. The minimum Gasteiger partial charge on any atom is -0.327 e. The van der Waals surface area contributed by atoms with E-state index in [9.17, 15) is 4.39 Å². The Kier molecular flexibility index (Phi) is 4.86. The van der Waals surface area contributed by atoms with Crippen molar-refractivity contribution < 1.29 is 4.39 Å². The molecule has 2 rings (SSSR count). The molecule has 0 bridgehead atoms. The third-order valence-electron chi connectivity index (χ3n) is 2.73. The fraction of sp³-hybridized carbons (Fsp3) is 0.200. The van der Waals surface area contributed by atoms with E-state index in [0.29, 0.717) is 5.02 Å². The van der Waals surface area contributed by atoms with Crippen LogP contribution in [0.25, 0.3) is 0 Å². The van der Waals surface area contributed by atoms with Gasteiger partial charge in [-0.2, -0.15) is 0 Å². The summed E-state index contributed by atoms with van der Waals surface area (Å²) in [6.45, 7) is 1.96. The number of thioether (sulfide) groups is 1. The summed E-state index contributed by atoms with van der Waals surface area (Å²) in [7, 11) is 0. The number of benzene rings is 2. The summed E-state index contributed by atoms with van der Waals surface area (Å²) in [5.41, 5.74) is 7.14. The third kappa shape index (κ3) is 3.96. The van der Waals surface area contributed by atoms with E-state index in [2.05, 4.69) is 0 Å². The van der Waals surface area contributed by atoms with Crippen LogP contribution in [0.4, 0.5) is 4.39 Å². The molecular weight excluding hydrogens is 281 g/mol. The third-order valence-corrected chi connectivity index (χ3v) is 4.47. The van der Waals surface area contributed by atoms with E-state index in [1.54, 1.807) is 23.9 Å². The fourth-order valence-corrected chi connectivity index (χ4v) is 3.10. The van der Waals surface area contributed by atoms with Crippen LogP contribution < -0.4 is 5.73 Å². The summed E-state index contributed by atoms with van der Waals surface area (Å²) >= 11 is 7.63. The van der Waals surface area contributed by atoms with Crippen molar-refractivity contribution >= 4 is 23.4 Å². The highest BCUT2D eigenvalue weighted by atomic mass is 35.5. The SMILES string of the molecule is CC(N)C(Sc1ccc(F)cc1)c1cccc(Cl)c1. The summed E-state index contributed by atoms with van der Waals surface area (Å²) < 4.78 is 12.9. The highest BCUT2D eigenvalue weighted by Crippen LogP contribution is 2.37. The first-order valence-corrected chi connectivity index (χ1v) is 7.25. The first-order valence-electron chi connectivity index (χ1n) is 5.99. The molecule has 2 atom stereocenters. The van der Waals surface area contributed by atoms with Crippen LogP contribution in [-0.2, 0) is 0 Å². The molecule has 0 fully saturated rings. The van der Waals surface area contributed by atoms with Gasteiger partial charge in [-0.3, -0.25) is 0 Å².